The van der Waals surface area contributed by atoms with Crippen LogP contribution in [0.25, 0.3) is 0 Å². The number of nitrogens with zero attached hydrogens (tertiary/aromatic N) is 1. The predicted molar refractivity (Wildman–Crippen MR) is 96.7 cm³/mol. The van der Waals surface area contributed by atoms with Gasteiger partial charge in [-0.15, -0.1) is 24.0 Å². The minimum absolute atomic E-state index is 0. The van der Waals surface area contributed by atoms with Gasteiger partial charge < -0.3 is 10.6 Å². The molecule has 4 heteroatoms. The highest BCUT2D eigenvalue weighted by molar-refractivity contribution is 14.0. The van der Waals surface area contributed by atoms with Gasteiger partial charge in [0, 0.05) is 12.6 Å². The molecule has 1 aliphatic rings. The van der Waals surface area contributed by atoms with Crippen LogP contribution < -0.4 is 10.6 Å². The number of nitrogens with one attached hydrogen (secondary N) is 2. The number of hydrogen-bond acceptors (Lipinski definition) is 1. The molecule has 20 heavy (non-hydrogen) atoms. The zero-order chi connectivity index (χ0) is 13.5. The van der Waals surface area contributed by atoms with Crippen LogP contribution in [0, 0.1) is 6.92 Å². The molecule has 0 aliphatic heterocycles. The number of aryl methyl sites for hydroxylation is 1. The third-order valence-electron chi connectivity index (χ3n) is 3.23. The topological polar surface area (TPSA) is 36.4 Å². The summed E-state index contributed by atoms with van der Waals surface area (Å²) in [6.07, 6.45) is 6.63. The van der Waals surface area contributed by atoms with E-state index in [1.807, 2.05) is 0 Å². The van der Waals surface area contributed by atoms with Gasteiger partial charge in [-0.25, -0.2) is 4.99 Å². The molecule has 0 radical (unpaired) electrons. The van der Waals surface area contributed by atoms with Crippen molar-refractivity contribution in [1.29, 1.82) is 0 Å². The van der Waals surface area contributed by atoms with Crippen LogP contribution in [0.1, 0.15) is 30.9 Å². The van der Waals surface area contributed by atoms with E-state index in [1.165, 1.54) is 11.1 Å². The maximum atomic E-state index is 4.64. The van der Waals surface area contributed by atoms with E-state index in [1.54, 1.807) is 0 Å². The fourth-order valence-corrected chi connectivity index (χ4v) is 2.11. The Kier molecular flexibility index (Phi) is 7.65. The Balaban J connectivity index is 0.00000200. The smallest absolute Gasteiger partial charge is 0.191 e. The molecular weight excluding hydrogens is 361 g/mol. The van der Waals surface area contributed by atoms with Crippen LogP contribution in [0.3, 0.4) is 0 Å². The first-order valence-corrected chi connectivity index (χ1v) is 7.03. The van der Waals surface area contributed by atoms with Crippen molar-refractivity contribution in [3.05, 3.63) is 47.5 Å². The first-order chi connectivity index (χ1) is 9.28. The summed E-state index contributed by atoms with van der Waals surface area (Å²) in [4.78, 5) is 4.64. The van der Waals surface area contributed by atoms with Gasteiger partial charge in [0.15, 0.2) is 5.96 Å². The Bertz CT molecular complexity index is 443. The van der Waals surface area contributed by atoms with E-state index in [9.17, 15) is 0 Å². The number of benzene rings is 1. The average Bonchev–Trinajstić information content (AvgIpc) is 2.91. The lowest BCUT2D eigenvalue weighted by Gasteiger charge is -2.16. The molecule has 0 atom stereocenters. The van der Waals surface area contributed by atoms with Crippen molar-refractivity contribution in [3.63, 3.8) is 0 Å². The Morgan fingerprint density at radius 2 is 1.85 bits per heavy atom. The van der Waals surface area contributed by atoms with Gasteiger partial charge >= 0.3 is 0 Å². The maximum Gasteiger partial charge on any atom is 0.191 e. The molecule has 2 rings (SSSR count). The highest BCUT2D eigenvalue weighted by Gasteiger charge is 2.11. The molecule has 0 saturated carbocycles. The summed E-state index contributed by atoms with van der Waals surface area (Å²) < 4.78 is 0. The summed E-state index contributed by atoms with van der Waals surface area (Å²) in [5.74, 6) is 0.914. The quantitative estimate of drug-likeness (QED) is 0.361. The number of guanidine groups is 1. The van der Waals surface area contributed by atoms with Crippen molar-refractivity contribution >= 4 is 29.9 Å². The summed E-state index contributed by atoms with van der Waals surface area (Å²) in [5, 5.41) is 6.78. The van der Waals surface area contributed by atoms with Gasteiger partial charge in [-0.1, -0.05) is 42.0 Å². The van der Waals surface area contributed by atoms with Crippen molar-refractivity contribution in [2.24, 2.45) is 4.99 Å². The summed E-state index contributed by atoms with van der Waals surface area (Å²) in [7, 11) is 0. The van der Waals surface area contributed by atoms with Gasteiger partial charge in [0.1, 0.15) is 0 Å². The van der Waals surface area contributed by atoms with Crippen LogP contribution in [-0.4, -0.2) is 18.5 Å². The molecule has 0 saturated heterocycles. The van der Waals surface area contributed by atoms with Gasteiger partial charge in [-0.2, -0.15) is 0 Å². The number of aliphatic imine (C=N–C) groups is 1. The molecular formula is C16H24IN3. The Hall–Kier alpha value is -1.04. The normalized spacial score (nSPS) is 15.0. The summed E-state index contributed by atoms with van der Waals surface area (Å²) in [6.45, 7) is 5.80. The summed E-state index contributed by atoms with van der Waals surface area (Å²) >= 11 is 0. The second-order valence-corrected chi connectivity index (χ2v) is 4.96. The van der Waals surface area contributed by atoms with Crippen molar-refractivity contribution in [2.45, 2.75) is 39.3 Å². The molecule has 2 N–H and O–H groups in total. The fraction of sp³-hybridized carbons (Fsp3) is 0.438. The van der Waals surface area contributed by atoms with Gasteiger partial charge in [0.25, 0.3) is 0 Å². The van der Waals surface area contributed by atoms with Crippen LogP contribution in [0.15, 0.2) is 41.4 Å². The van der Waals surface area contributed by atoms with Gasteiger partial charge in [-0.05, 0) is 32.3 Å². The third-order valence-corrected chi connectivity index (χ3v) is 3.23. The largest absolute Gasteiger partial charge is 0.357 e. The first-order valence-electron chi connectivity index (χ1n) is 7.03. The van der Waals surface area contributed by atoms with Crippen molar-refractivity contribution < 1.29 is 0 Å². The Labute approximate surface area is 139 Å². The highest BCUT2D eigenvalue weighted by Crippen LogP contribution is 2.09. The van der Waals surface area contributed by atoms with Crippen LogP contribution in [0.5, 0.6) is 0 Å². The number of halogens is 1. The third kappa shape index (κ3) is 5.53. The number of rotatable bonds is 4. The van der Waals surface area contributed by atoms with Crippen LogP contribution in [-0.2, 0) is 6.54 Å². The lowest BCUT2D eigenvalue weighted by molar-refractivity contribution is 0.633. The van der Waals surface area contributed by atoms with E-state index in [2.05, 4.69) is 65.9 Å². The molecule has 0 unspecified atom stereocenters. The monoisotopic (exact) mass is 385 g/mol. The average molecular weight is 385 g/mol. The van der Waals surface area contributed by atoms with E-state index in [0.717, 1.165) is 31.9 Å². The molecule has 1 aliphatic carbocycles. The van der Waals surface area contributed by atoms with Crippen molar-refractivity contribution in [2.75, 3.05) is 6.54 Å². The molecule has 0 spiro atoms. The first kappa shape index (κ1) is 17.0. The lowest BCUT2D eigenvalue weighted by Crippen LogP contribution is -2.42. The molecule has 0 aromatic heterocycles. The van der Waals surface area contributed by atoms with Gasteiger partial charge in [-0.3, -0.25) is 0 Å². The van der Waals surface area contributed by atoms with Crippen LogP contribution in [0.2, 0.25) is 0 Å². The summed E-state index contributed by atoms with van der Waals surface area (Å²) in [6, 6.07) is 9.04. The zero-order valence-corrected chi connectivity index (χ0v) is 14.6. The number of hydrogen-bond donors (Lipinski definition) is 2. The molecule has 0 fully saturated rings. The predicted octanol–water partition coefficient (Wildman–Crippen LogP) is 3.39. The zero-order valence-electron chi connectivity index (χ0n) is 12.2. The van der Waals surface area contributed by atoms with E-state index in [0.29, 0.717) is 6.04 Å². The van der Waals surface area contributed by atoms with E-state index < -0.39 is 0 Å². The second kappa shape index (κ2) is 9.00. The minimum Gasteiger partial charge on any atom is -0.357 e. The van der Waals surface area contributed by atoms with Gasteiger partial charge in [0.2, 0.25) is 0 Å². The summed E-state index contributed by atoms with van der Waals surface area (Å²) in [5.41, 5.74) is 2.53. The fourth-order valence-electron chi connectivity index (χ4n) is 2.11. The molecule has 1 aromatic carbocycles. The second-order valence-electron chi connectivity index (χ2n) is 4.96. The molecule has 3 nitrogen and oxygen atoms in total. The van der Waals surface area contributed by atoms with Crippen molar-refractivity contribution in [1.82, 2.24) is 10.6 Å². The molecule has 0 amide bonds. The Morgan fingerprint density at radius 3 is 2.45 bits per heavy atom. The van der Waals surface area contributed by atoms with E-state index in [4.69, 9.17) is 0 Å². The van der Waals surface area contributed by atoms with E-state index in [-0.39, 0.29) is 24.0 Å². The molecule has 1 aromatic rings. The minimum atomic E-state index is 0. The van der Waals surface area contributed by atoms with Gasteiger partial charge in [0.05, 0.1) is 6.54 Å². The van der Waals surface area contributed by atoms with Crippen LogP contribution >= 0.6 is 24.0 Å². The lowest BCUT2D eigenvalue weighted by atomic mass is 10.1. The van der Waals surface area contributed by atoms with Crippen LogP contribution in [0.4, 0.5) is 0 Å². The molecule has 0 bridgehead atoms. The highest BCUT2D eigenvalue weighted by atomic mass is 127. The standard InChI is InChI=1S/C16H23N3.HI/c1-3-17-16(19-15-6-4-5-7-15)18-12-14-10-8-13(2)9-11-14;/h4-5,8-11,15H,3,6-7,12H2,1-2H3,(H2,17,18,19);1H. The van der Waals surface area contributed by atoms with Crippen molar-refractivity contribution in [3.8, 4) is 0 Å². The molecule has 110 valence electrons. The maximum absolute atomic E-state index is 4.64. The SMILES string of the molecule is CCNC(=NCc1ccc(C)cc1)NC1CC=CC1.I. The Morgan fingerprint density at radius 1 is 1.20 bits per heavy atom. The van der Waals surface area contributed by atoms with E-state index >= 15 is 0 Å². The molecule has 0 heterocycles.